The molecule has 1 unspecified atom stereocenters. The first-order valence-electron chi connectivity index (χ1n) is 34.7. The van der Waals surface area contributed by atoms with E-state index in [-0.39, 0.29) is 31.1 Å². The second-order valence-electron chi connectivity index (χ2n) is 23.1. The average molecular weight is 1130 g/mol. The Morgan fingerprint density at radius 3 is 0.765 bits per heavy atom. The second kappa shape index (κ2) is 68.8. The lowest BCUT2D eigenvalue weighted by Gasteiger charge is -2.18. The molecular weight excluding hydrogens is 997 g/mol. The summed E-state index contributed by atoms with van der Waals surface area (Å²) in [5.74, 6) is -0.890. The zero-order valence-corrected chi connectivity index (χ0v) is 53.5. The minimum Gasteiger partial charge on any atom is -0.462 e. The molecule has 0 aliphatic heterocycles. The summed E-state index contributed by atoms with van der Waals surface area (Å²) in [4.78, 5) is 38.5. The van der Waals surface area contributed by atoms with Gasteiger partial charge < -0.3 is 14.2 Å². The molecule has 466 valence electrons. The SMILES string of the molecule is CC/C=C\C/C=C\C/C=C\C/C=C\C/C=C\C/C=C\C/C=C\CCCCCCCC(=O)OCC(COC(=O)CCCCCCCCCCCCCCCCCCCC)OC(=O)CCCCCCCCC/C=C\CCCCCCCCC. The van der Waals surface area contributed by atoms with E-state index < -0.39 is 6.10 Å². The van der Waals surface area contributed by atoms with Crippen molar-refractivity contribution in [2.75, 3.05) is 13.2 Å². The van der Waals surface area contributed by atoms with E-state index in [1.807, 2.05) is 0 Å². The molecule has 0 aromatic rings. The molecule has 0 bridgehead atoms. The van der Waals surface area contributed by atoms with Crippen molar-refractivity contribution in [3.8, 4) is 0 Å². The minimum atomic E-state index is -0.789. The van der Waals surface area contributed by atoms with Crippen molar-refractivity contribution >= 4 is 17.9 Å². The molecule has 6 heteroatoms. The maximum absolute atomic E-state index is 12.9. The van der Waals surface area contributed by atoms with E-state index >= 15 is 0 Å². The molecule has 81 heavy (non-hydrogen) atoms. The van der Waals surface area contributed by atoms with Gasteiger partial charge in [0, 0.05) is 19.3 Å². The Hall–Kier alpha value is -3.67. The maximum Gasteiger partial charge on any atom is 0.306 e. The normalized spacial score (nSPS) is 12.7. The summed E-state index contributed by atoms with van der Waals surface area (Å²) in [7, 11) is 0. The van der Waals surface area contributed by atoms with Gasteiger partial charge in [-0.1, -0.05) is 317 Å². The number of ether oxygens (including phenoxy) is 3. The number of hydrogen-bond acceptors (Lipinski definition) is 6. The van der Waals surface area contributed by atoms with Gasteiger partial charge in [-0.15, -0.1) is 0 Å². The molecule has 0 aromatic carbocycles. The molecule has 0 N–H and O–H groups in total. The van der Waals surface area contributed by atoms with E-state index in [1.54, 1.807) is 0 Å². The third-order valence-corrected chi connectivity index (χ3v) is 15.1. The summed E-state index contributed by atoms with van der Waals surface area (Å²) >= 11 is 0. The van der Waals surface area contributed by atoms with Gasteiger partial charge in [0.1, 0.15) is 13.2 Å². The number of allylic oxidation sites excluding steroid dienone is 16. The summed E-state index contributed by atoms with van der Waals surface area (Å²) in [6, 6.07) is 0. The smallest absolute Gasteiger partial charge is 0.306 e. The molecule has 0 spiro atoms. The molecule has 0 aromatic heterocycles. The van der Waals surface area contributed by atoms with Gasteiger partial charge in [-0.05, 0) is 103 Å². The first kappa shape index (κ1) is 77.3. The summed E-state index contributed by atoms with van der Waals surface area (Å²) in [5.41, 5.74) is 0. The van der Waals surface area contributed by atoms with Crippen LogP contribution in [0.5, 0.6) is 0 Å². The Labute approximate surface area is 502 Å². The molecule has 0 radical (unpaired) electrons. The van der Waals surface area contributed by atoms with Crippen molar-refractivity contribution in [2.24, 2.45) is 0 Å². The third kappa shape index (κ3) is 67.0. The second-order valence-corrected chi connectivity index (χ2v) is 23.1. The molecular formula is C75H130O6. The molecule has 0 amide bonds. The summed E-state index contributed by atoms with van der Waals surface area (Å²) in [5, 5.41) is 0. The molecule has 6 nitrogen and oxygen atoms in total. The lowest BCUT2D eigenvalue weighted by molar-refractivity contribution is -0.167. The highest BCUT2D eigenvalue weighted by Gasteiger charge is 2.19. The van der Waals surface area contributed by atoms with E-state index in [2.05, 4.69) is 118 Å². The van der Waals surface area contributed by atoms with Gasteiger partial charge in [0.2, 0.25) is 0 Å². The Morgan fingerprint density at radius 1 is 0.259 bits per heavy atom. The fourth-order valence-corrected chi connectivity index (χ4v) is 9.89. The van der Waals surface area contributed by atoms with Crippen LogP contribution in [0, 0.1) is 0 Å². The molecule has 1 atom stereocenters. The molecule has 0 heterocycles. The minimum absolute atomic E-state index is 0.0823. The fraction of sp³-hybridized carbons (Fsp3) is 0.747. The number of carbonyl (C=O) groups is 3. The van der Waals surface area contributed by atoms with Crippen LogP contribution in [-0.4, -0.2) is 37.2 Å². The van der Waals surface area contributed by atoms with Crippen molar-refractivity contribution in [1.82, 2.24) is 0 Å². The first-order chi connectivity index (χ1) is 40.0. The first-order valence-corrected chi connectivity index (χ1v) is 34.7. The van der Waals surface area contributed by atoms with Crippen LogP contribution in [0.3, 0.4) is 0 Å². The lowest BCUT2D eigenvalue weighted by Crippen LogP contribution is -2.30. The predicted octanol–water partition coefficient (Wildman–Crippen LogP) is 24.0. The Morgan fingerprint density at radius 2 is 0.481 bits per heavy atom. The molecule has 0 saturated carbocycles. The van der Waals surface area contributed by atoms with E-state index in [9.17, 15) is 14.4 Å². The summed E-state index contributed by atoms with van der Waals surface area (Å²) in [6.45, 7) is 6.55. The van der Waals surface area contributed by atoms with Crippen molar-refractivity contribution < 1.29 is 28.6 Å². The van der Waals surface area contributed by atoms with Crippen molar-refractivity contribution in [1.29, 1.82) is 0 Å². The molecule has 0 fully saturated rings. The van der Waals surface area contributed by atoms with Crippen LogP contribution in [0.1, 0.15) is 342 Å². The van der Waals surface area contributed by atoms with Crippen LogP contribution in [0.15, 0.2) is 97.2 Å². The molecule has 0 saturated heterocycles. The number of carbonyl (C=O) groups excluding carboxylic acids is 3. The quantitative estimate of drug-likeness (QED) is 0.0261. The number of rotatable bonds is 63. The number of esters is 3. The van der Waals surface area contributed by atoms with Gasteiger partial charge in [-0.3, -0.25) is 14.4 Å². The molecule has 0 aliphatic rings. The van der Waals surface area contributed by atoms with Crippen molar-refractivity contribution in [2.45, 2.75) is 348 Å². The van der Waals surface area contributed by atoms with E-state index in [0.717, 1.165) is 122 Å². The summed E-state index contributed by atoms with van der Waals surface area (Å²) < 4.78 is 17.0. The van der Waals surface area contributed by atoms with Crippen LogP contribution in [0.25, 0.3) is 0 Å². The highest BCUT2D eigenvalue weighted by atomic mass is 16.6. The van der Waals surface area contributed by atoms with Crippen molar-refractivity contribution in [3.63, 3.8) is 0 Å². The number of hydrogen-bond donors (Lipinski definition) is 0. The zero-order valence-electron chi connectivity index (χ0n) is 53.5. The molecule has 0 rings (SSSR count). The van der Waals surface area contributed by atoms with Crippen molar-refractivity contribution in [3.05, 3.63) is 97.2 Å². The highest BCUT2D eigenvalue weighted by molar-refractivity contribution is 5.71. The largest absolute Gasteiger partial charge is 0.462 e. The van der Waals surface area contributed by atoms with Crippen LogP contribution < -0.4 is 0 Å². The predicted molar refractivity (Wildman–Crippen MR) is 353 cm³/mol. The van der Waals surface area contributed by atoms with Gasteiger partial charge in [0.15, 0.2) is 6.10 Å². The van der Waals surface area contributed by atoms with Crippen LogP contribution in [0.4, 0.5) is 0 Å². The number of unbranched alkanes of at least 4 members (excludes halogenated alkanes) is 36. The average Bonchev–Trinajstić information content (AvgIpc) is 3.47. The van der Waals surface area contributed by atoms with Gasteiger partial charge in [0.25, 0.3) is 0 Å². The maximum atomic E-state index is 12.9. The van der Waals surface area contributed by atoms with E-state index in [4.69, 9.17) is 14.2 Å². The lowest BCUT2D eigenvalue weighted by atomic mass is 10.0. The third-order valence-electron chi connectivity index (χ3n) is 15.1. The zero-order chi connectivity index (χ0) is 58.5. The Bertz CT molecular complexity index is 1580. The van der Waals surface area contributed by atoms with E-state index in [0.29, 0.717) is 19.3 Å². The van der Waals surface area contributed by atoms with Gasteiger partial charge in [-0.25, -0.2) is 0 Å². The van der Waals surface area contributed by atoms with Gasteiger partial charge in [0.05, 0.1) is 0 Å². The van der Waals surface area contributed by atoms with E-state index in [1.165, 1.54) is 180 Å². The molecule has 0 aliphatic carbocycles. The van der Waals surface area contributed by atoms with Crippen LogP contribution in [-0.2, 0) is 28.6 Å². The Balaban J connectivity index is 4.40. The van der Waals surface area contributed by atoms with Crippen LogP contribution in [0.2, 0.25) is 0 Å². The van der Waals surface area contributed by atoms with Gasteiger partial charge in [-0.2, -0.15) is 0 Å². The Kier molecular flexibility index (Phi) is 65.7. The van der Waals surface area contributed by atoms with Gasteiger partial charge >= 0.3 is 17.9 Å². The summed E-state index contributed by atoms with van der Waals surface area (Å²) in [6.07, 6.45) is 92.7. The topological polar surface area (TPSA) is 78.9 Å². The standard InChI is InChI=1S/C75H130O6/c1-4-7-10-13-16-19-22-25-28-31-34-35-36-37-38-39-40-41-42-45-47-50-53-56-59-62-65-68-74(77)80-71-72(81-75(78)69-66-63-60-57-54-51-48-44-33-30-27-24-21-18-15-12-9-6-3)70-79-73(76)67-64-61-58-55-52-49-46-43-32-29-26-23-20-17-14-11-8-5-2/h7,10,16,19,25,28,30,33-35,37-38,40-41,45,47,72H,4-6,8-9,11-15,17-18,20-24,26-27,29,31-32,36,39,42-44,46,48-71H2,1-3H3/b10-7-,19-16-,28-25-,33-30-,35-34-,38-37-,41-40-,47-45-. The highest BCUT2D eigenvalue weighted by Crippen LogP contribution is 2.17. The fourth-order valence-electron chi connectivity index (χ4n) is 9.89. The van der Waals surface area contributed by atoms with Crippen LogP contribution >= 0.6 is 0 Å². The monoisotopic (exact) mass is 1130 g/mol.